The summed E-state index contributed by atoms with van der Waals surface area (Å²) in [7, 11) is -3.53. The minimum atomic E-state index is -3.53. The minimum absolute atomic E-state index is 0.00226. The van der Waals surface area contributed by atoms with Gasteiger partial charge in [0.25, 0.3) is 11.6 Å². The second-order valence-electron chi connectivity index (χ2n) is 6.55. The van der Waals surface area contributed by atoms with Crippen LogP contribution in [0.25, 0.3) is 10.6 Å². The third-order valence-corrected chi connectivity index (χ3v) is 8.20. The van der Waals surface area contributed by atoms with Gasteiger partial charge in [-0.15, -0.1) is 22.7 Å². The summed E-state index contributed by atoms with van der Waals surface area (Å²) in [5, 5.41) is 17.0. The van der Waals surface area contributed by atoms with Crippen LogP contribution in [0.3, 0.4) is 0 Å². The zero-order valence-electron chi connectivity index (χ0n) is 15.5. The largest absolute Gasteiger partial charge is 0.298 e. The first-order valence-corrected chi connectivity index (χ1v) is 12.1. The van der Waals surface area contributed by atoms with Gasteiger partial charge in [0.1, 0.15) is 0 Å². The Balaban J connectivity index is 1.45. The number of aromatic nitrogens is 1. The molecule has 9 nitrogen and oxygen atoms in total. The molecule has 0 unspecified atom stereocenters. The van der Waals surface area contributed by atoms with E-state index in [1.807, 2.05) is 0 Å². The monoisotopic (exact) mass is 464 g/mol. The van der Waals surface area contributed by atoms with E-state index in [0.29, 0.717) is 34.4 Å². The number of rotatable bonds is 6. The van der Waals surface area contributed by atoms with Gasteiger partial charge in [0, 0.05) is 30.1 Å². The summed E-state index contributed by atoms with van der Waals surface area (Å²) in [4.78, 5) is 27.9. The van der Waals surface area contributed by atoms with E-state index in [2.05, 4.69) is 10.3 Å². The van der Waals surface area contributed by atoms with Crippen molar-refractivity contribution in [1.29, 1.82) is 0 Å². The van der Waals surface area contributed by atoms with Gasteiger partial charge in [0.2, 0.25) is 10.0 Å². The predicted molar refractivity (Wildman–Crippen MR) is 114 cm³/mol. The summed E-state index contributed by atoms with van der Waals surface area (Å²) >= 11 is 2.40. The molecule has 0 spiro atoms. The molecule has 1 N–H and O–H groups in total. The Morgan fingerprint density at radius 3 is 2.47 bits per heavy atom. The van der Waals surface area contributed by atoms with Crippen LogP contribution in [0.2, 0.25) is 0 Å². The number of nitro groups is 1. The Hall–Kier alpha value is -2.67. The van der Waals surface area contributed by atoms with Crippen molar-refractivity contribution in [3.8, 4) is 10.6 Å². The van der Waals surface area contributed by atoms with Crippen LogP contribution in [0.1, 0.15) is 23.2 Å². The van der Waals surface area contributed by atoms with Gasteiger partial charge in [-0.05, 0) is 37.1 Å². The molecule has 0 atom stereocenters. The number of thiophene rings is 1. The highest BCUT2D eigenvalue weighted by Crippen LogP contribution is 2.33. The molecule has 12 heteroatoms. The second-order valence-corrected chi connectivity index (χ2v) is 10.3. The lowest BCUT2D eigenvalue weighted by Gasteiger charge is -2.15. The molecule has 0 bridgehead atoms. The quantitative estimate of drug-likeness (QED) is 0.437. The smallest absolute Gasteiger partial charge is 0.280 e. The number of carbonyl (C=O) groups excluding carboxylic acids is 1. The molecule has 3 aromatic rings. The molecular formula is C18H16N4O5S3. The Morgan fingerprint density at radius 1 is 1.13 bits per heavy atom. The molecular weight excluding hydrogens is 448 g/mol. The number of nitrogens with zero attached hydrogens (tertiary/aromatic N) is 3. The number of carbonyl (C=O) groups is 1. The fraction of sp³-hybridized carbons (Fsp3) is 0.222. The van der Waals surface area contributed by atoms with E-state index >= 15 is 0 Å². The highest BCUT2D eigenvalue weighted by molar-refractivity contribution is 7.89. The Bertz CT molecular complexity index is 1190. The molecule has 3 heterocycles. The Labute approximate surface area is 180 Å². The highest BCUT2D eigenvalue weighted by Gasteiger charge is 2.27. The number of thiazole rings is 1. The second kappa shape index (κ2) is 8.22. The fourth-order valence-corrected chi connectivity index (χ4v) is 6.14. The standard InChI is InChI=1S/C18H16N4O5S3/c23-17(12-3-5-14(6-4-12)30(26,27)21-7-1-2-8-21)20-18-19-15(11-29-18)16-9-13(10-28-16)22(24)25/h3-6,9-11H,1-2,7-8H2,(H,19,20,23). The molecule has 1 aliphatic heterocycles. The lowest BCUT2D eigenvalue weighted by atomic mass is 10.2. The van der Waals surface area contributed by atoms with Crippen molar-refractivity contribution < 1.29 is 18.1 Å². The van der Waals surface area contributed by atoms with Gasteiger partial charge < -0.3 is 0 Å². The summed E-state index contributed by atoms with van der Waals surface area (Å²) in [5.74, 6) is -0.418. The molecule has 30 heavy (non-hydrogen) atoms. The van der Waals surface area contributed by atoms with Gasteiger partial charge in [-0.1, -0.05) is 0 Å². The van der Waals surface area contributed by atoms with Crippen LogP contribution >= 0.6 is 22.7 Å². The molecule has 1 fully saturated rings. The van der Waals surface area contributed by atoms with Crippen molar-refractivity contribution in [3.63, 3.8) is 0 Å². The van der Waals surface area contributed by atoms with Gasteiger partial charge in [-0.3, -0.25) is 20.2 Å². The van der Waals surface area contributed by atoms with Crippen molar-refractivity contribution in [2.75, 3.05) is 18.4 Å². The first-order valence-electron chi connectivity index (χ1n) is 8.95. The number of hydrogen-bond acceptors (Lipinski definition) is 8. The van der Waals surface area contributed by atoms with Gasteiger partial charge >= 0.3 is 0 Å². The molecule has 0 aliphatic carbocycles. The van der Waals surface area contributed by atoms with Gasteiger partial charge in [0.05, 0.1) is 25.8 Å². The van der Waals surface area contributed by atoms with Crippen molar-refractivity contribution in [2.45, 2.75) is 17.7 Å². The predicted octanol–water partition coefficient (Wildman–Crippen LogP) is 3.82. The van der Waals surface area contributed by atoms with Gasteiger partial charge in [-0.25, -0.2) is 13.4 Å². The number of anilines is 1. The lowest BCUT2D eigenvalue weighted by Crippen LogP contribution is -2.27. The maximum atomic E-state index is 12.6. The molecule has 0 saturated carbocycles. The third kappa shape index (κ3) is 4.12. The van der Waals surface area contributed by atoms with E-state index in [1.54, 1.807) is 5.38 Å². The normalized spacial score (nSPS) is 14.7. The van der Waals surface area contributed by atoms with Gasteiger partial charge in [0.15, 0.2) is 5.13 Å². The van der Waals surface area contributed by atoms with Gasteiger partial charge in [-0.2, -0.15) is 4.31 Å². The number of amides is 1. The Kier molecular flexibility index (Phi) is 5.64. The highest BCUT2D eigenvalue weighted by atomic mass is 32.2. The topological polar surface area (TPSA) is 123 Å². The van der Waals surface area contributed by atoms with Crippen molar-refractivity contribution in [1.82, 2.24) is 9.29 Å². The van der Waals surface area contributed by atoms with Crippen LogP contribution in [0.15, 0.2) is 46.0 Å². The van der Waals surface area contributed by atoms with E-state index in [9.17, 15) is 23.3 Å². The van der Waals surface area contributed by atoms with E-state index in [1.165, 1.54) is 62.7 Å². The van der Waals surface area contributed by atoms with Crippen LogP contribution < -0.4 is 5.32 Å². The van der Waals surface area contributed by atoms with Crippen molar-refractivity contribution >= 4 is 49.4 Å². The summed E-state index contributed by atoms with van der Waals surface area (Å²) in [6, 6.07) is 7.23. The summed E-state index contributed by atoms with van der Waals surface area (Å²) in [6.07, 6.45) is 1.71. The molecule has 1 aromatic carbocycles. The lowest BCUT2D eigenvalue weighted by molar-refractivity contribution is -0.384. The number of nitrogens with one attached hydrogen (secondary N) is 1. The fourth-order valence-electron chi connectivity index (χ4n) is 3.03. The maximum Gasteiger partial charge on any atom is 0.280 e. The molecule has 1 aliphatic rings. The summed E-state index contributed by atoms with van der Waals surface area (Å²) in [6.45, 7) is 1.04. The minimum Gasteiger partial charge on any atom is -0.298 e. The zero-order valence-corrected chi connectivity index (χ0v) is 17.9. The van der Waals surface area contributed by atoms with E-state index in [-0.39, 0.29) is 10.6 Å². The first-order chi connectivity index (χ1) is 14.3. The average molecular weight is 465 g/mol. The zero-order chi connectivity index (χ0) is 21.3. The van der Waals surface area contributed by atoms with E-state index < -0.39 is 20.9 Å². The molecule has 156 valence electrons. The molecule has 1 amide bonds. The number of sulfonamides is 1. The molecule has 4 rings (SSSR count). The summed E-state index contributed by atoms with van der Waals surface area (Å²) < 4.78 is 26.6. The molecule has 1 saturated heterocycles. The van der Waals surface area contributed by atoms with E-state index in [0.717, 1.165) is 12.8 Å². The number of benzene rings is 1. The van der Waals surface area contributed by atoms with Crippen molar-refractivity contribution in [2.24, 2.45) is 0 Å². The third-order valence-electron chi connectivity index (χ3n) is 4.59. The van der Waals surface area contributed by atoms with Crippen LogP contribution in [-0.2, 0) is 10.0 Å². The Morgan fingerprint density at radius 2 is 1.83 bits per heavy atom. The van der Waals surface area contributed by atoms with Crippen LogP contribution in [0.5, 0.6) is 0 Å². The van der Waals surface area contributed by atoms with Crippen LogP contribution in [0.4, 0.5) is 10.8 Å². The summed E-state index contributed by atoms with van der Waals surface area (Å²) in [5.41, 5.74) is 0.844. The van der Waals surface area contributed by atoms with E-state index in [4.69, 9.17) is 0 Å². The first kappa shape index (κ1) is 20.6. The molecule has 0 radical (unpaired) electrons. The average Bonchev–Trinajstić information content (AvgIpc) is 3.48. The van der Waals surface area contributed by atoms with Crippen LogP contribution in [-0.4, -0.2) is 41.6 Å². The number of hydrogen-bond donors (Lipinski definition) is 1. The van der Waals surface area contributed by atoms with Crippen LogP contribution in [0, 0.1) is 10.1 Å². The molecule has 2 aromatic heterocycles. The van der Waals surface area contributed by atoms with Crippen molar-refractivity contribution in [3.05, 3.63) is 56.8 Å². The maximum absolute atomic E-state index is 12.6. The SMILES string of the molecule is O=C(Nc1nc(-c2cc([N+](=O)[O-])cs2)cs1)c1ccc(S(=O)(=O)N2CCCC2)cc1.